The van der Waals surface area contributed by atoms with Gasteiger partial charge >= 0.3 is 0 Å². The van der Waals surface area contributed by atoms with Crippen molar-refractivity contribution in [3.05, 3.63) is 47.1 Å². The lowest BCUT2D eigenvalue weighted by molar-refractivity contribution is 0.601. The van der Waals surface area contributed by atoms with Crippen molar-refractivity contribution in [1.29, 1.82) is 0 Å². The molecule has 4 nitrogen and oxygen atoms in total. The van der Waals surface area contributed by atoms with E-state index in [4.69, 9.17) is 11.6 Å². The molecule has 0 fully saturated rings. The SMILES string of the molecule is CS(=O)(=O)Cc1ccc(-c2ccc(Cl)nn2)cc1. The fourth-order valence-electron chi connectivity index (χ4n) is 1.54. The molecular formula is C12H11ClN2O2S. The van der Waals surface area contributed by atoms with E-state index in [1.165, 1.54) is 6.26 Å². The monoisotopic (exact) mass is 282 g/mol. The van der Waals surface area contributed by atoms with Crippen LogP contribution in [0.3, 0.4) is 0 Å². The number of hydrogen-bond acceptors (Lipinski definition) is 4. The molecule has 1 aromatic carbocycles. The Labute approximate surface area is 111 Å². The zero-order valence-electron chi connectivity index (χ0n) is 9.67. The summed E-state index contributed by atoms with van der Waals surface area (Å²) in [5, 5.41) is 8.05. The molecule has 94 valence electrons. The summed E-state index contributed by atoms with van der Waals surface area (Å²) < 4.78 is 22.3. The zero-order valence-corrected chi connectivity index (χ0v) is 11.2. The molecule has 0 amide bonds. The van der Waals surface area contributed by atoms with E-state index in [1.807, 2.05) is 12.1 Å². The van der Waals surface area contributed by atoms with E-state index in [1.54, 1.807) is 24.3 Å². The van der Waals surface area contributed by atoms with Crippen LogP contribution in [-0.2, 0) is 15.6 Å². The summed E-state index contributed by atoms with van der Waals surface area (Å²) in [6.07, 6.45) is 1.21. The molecule has 0 N–H and O–H groups in total. The van der Waals surface area contributed by atoms with Crippen LogP contribution in [0.2, 0.25) is 5.15 Å². The van der Waals surface area contributed by atoms with Crippen molar-refractivity contribution in [2.45, 2.75) is 5.75 Å². The molecule has 0 saturated carbocycles. The second-order valence-electron chi connectivity index (χ2n) is 4.01. The summed E-state index contributed by atoms with van der Waals surface area (Å²) in [6.45, 7) is 0. The summed E-state index contributed by atoms with van der Waals surface area (Å²) >= 11 is 5.66. The van der Waals surface area contributed by atoms with Crippen molar-refractivity contribution in [3.63, 3.8) is 0 Å². The van der Waals surface area contributed by atoms with Crippen LogP contribution in [0.1, 0.15) is 5.56 Å². The minimum absolute atomic E-state index is 0.0412. The van der Waals surface area contributed by atoms with E-state index in [2.05, 4.69) is 10.2 Å². The van der Waals surface area contributed by atoms with Gasteiger partial charge in [-0.25, -0.2) is 8.42 Å². The highest BCUT2D eigenvalue weighted by atomic mass is 35.5. The van der Waals surface area contributed by atoms with Crippen molar-refractivity contribution in [2.75, 3.05) is 6.26 Å². The fraction of sp³-hybridized carbons (Fsp3) is 0.167. The topological polar surface area (TPSA) is 59.9 Å². The molecule has 0 bridgehead atoms. The Morgan fingerprint density at radius 1 is 1.06 bits per heavy atom. The summed E-state index contributed by atoms with van der Waals surface area (Å²) in [5.74, 6) is 0.0412. The number of halogens is 1. The standard InChI is InChI=1S/C12H11ClN2O2S/c1-18(16,17)8-9-2-4-10(5-3-9)11-6-7-12(13)15-14-11/h2-7H,8H2,1H3. The van der Waals surface area contributed by atoms with Crippen molar-refractivity contribution < 1.29 is 8.42 Å². The minimum Gasteiger partial charge on any atom is -0.229 e. The van der Waals surface area contributed by atoms with Crippen LogP contribution in [0.25, 0.3) is 11.3 Å². The van der Waals surface area contributed by atoms with Gasteiger partial charge in [-0.2, -0.15) is 0 Å². The maximum absolute atomic E-state index is 11.2. The quantitative estimate of drug-likeness (QED) is 0.867. The Morgan fingerprint density at radius 3 is 2.22 bits per heavy atom. The highest BCUT2D eigenvalue weighted by Crippen LogP contribution is 2.18. The van der Waals surface area contributed by atoms with Crippen LogP contribution >= 0.6 is 11.6 Å². The van der Waals surface area contributed by atoms with Crippen LogP contribution in [-0.4, -0.2) is 24.9 Å². The summed E-state index contributed by atoms with van der Waals surface area (Å²) in [4.78, 5) is 0. The lowest BCUT2D eigenvalue weighted by Gasteiger charge is -2.02. The molecule has 0 aliphatic rings. The predicted octanol–water partition coefficient (Wildman–Crippen LogP) is 2.34. The first-order valence-corrected chi connectivity index (χ1v) is 7.64. The average Bonchev–Trinajstić information content (AvgIpc) is 2.29. The molecule has 1 aromatic heterocycles. The molecule has 1 heterocycles. The number of aromatic nitrogens is 2. The summed E-state index contributed by atoms with van der Waals surface area (Å²) in [6, 6.07) is 10.6. The Hall–Kier alpha value is -1.46. The molecule has 2 aromatic rings. The van der Waals surface area contributed by atoms with Gasteiger partial charge in [-0.05, 0) is 17.7 Å². The minimum atomic E-state index is -3.01. The van der Waals surface area contributed by atoms with E-state index < -0.39 is 9.84 Å². The normalized spacial score (nSPS) is 11.4. The maximum Gasteiger partial charge on any atom is 0.151 e. The van der Waals surface area contributed by atoms with Gasteiger partial charge in [0.1, 0.15) is 0 Å². The Bertz CT molecular complexity index is 637. The van der Waals surface area contributed by atoms with Gasteiger partial charge in [0.05, 0.1) is 11.4 Å². The highest BCUT2D eigenvalue weighted by molar-refractivity contribution is 7.89. The number of rotatable bonds is 3. The number of sulfone groups is 1. The summed E-state index contributed by atoms with van der Waals surface area (Å²) in [7, 11) is -3.01. The van der Waals surface area contributed by atoms with Gasteiger partial charge in [-0.3, -0.25) is 0 Å². The second kappa shape index (κ2) is 5.04. The van der Waals surface area contributed by atoms with E-state index in [0.717, 1.165) is 11.1 Å². The van der Waals surface area contributed by atoms with Crippen LogP contribution < -0.4 is 0 Å². The molecule has 0 saturated heterocycles. The first kappa shape index (κ1) is 13.0. The van der Waals surface area contributed by atoms with Gasteiger partial charge < -0.3 is 0 Å². The molecule has 0 radical (unpaired) electrons. The van der Waals surface area contributed by atoms with Crippen molar-refractivity contribution in [3.8, 4) is 11.3 Å². The largest absolute Gasteiger partial charge is 0.229 e. The third-order valence-electron chi connectivity index (χ3n) is 2.31. The van der Waals surface area contributed by atoms with Gasteiger partial charge in [-0.1, -0.05) is 35.9 Å². The molecule has 0 unspecified atom stereocenters. The number of nitrogens with zero attached hydrogens (tertiary/aromatic N) is 2. The van der Waals surface area contributed by atoms with Gasteiger partial charge in [0.25, 0.3) is 0 Å². The molecule has 18 heavy (non-hydrogen) atoms. The lowest BCUT2D eigenvalue weighted by Crippen LogP contribution is -2.00. The molecule has 0 atom stereocenters. The Balaban J connectivity index is 2.25. The van der Waals surface area contributed by atoms with E-state index in [-0.39, 0.29) is 5.75 Å². The zero-order chi connectivity index (χ0) is 13.2. The van der Waals surface area contributed by atoms with Gasteiger partial charge in [0, 0.05) is 11.8 Å². The van der Waals surface area contributed by atoms with Crippen molar-refractivity contribution >= 4 is 21.4 Å². The first-order chi connectivity index (χ1) is 8.44. The Kier molecular flexibility index (Phi) is 3.63. The predicted molar refractivity (Wildman–Crippen MR) is 71.0 cm³/mol. The van der Waals surface area contributed by atoms with Crippen LogP contribution in [0.5, 0.6) is 0 Å². The molecule has 6 heteroatoms. The molecule has 2 rings (SSSR count). The van der Waals surface area contributed by atoms with E-state index >= 15 is 0 Å². The Morgan fingerprint density at radius 2 is 1.72 bits per heavy atom. The van der Waals surface area contributed by atoms with Gasteiger partial charge in [-0.15, -0.1) is 10.2 Å². The van der Waals surface area contributed by atoms with Gasteiger partial charge in [0.2, 0.25) is 0 Å². The maximum atomic E-state index is 11.2. The van der Waals surface area contributed by atoms with E-state index in [0.29, 0.717) is 10.8 Å². The number of benzene rings is 1. The van der Waals surface area contributed by atoms with Crippen molar-refractivity contribution in [1.82, 2.24) is 10.2 Å². The summed E-state index contributed by atoms with van der Waals surface area (Å²) in [5.41, 5.74) is 2.32. The average molecular weight is 283 g/mol. The van der Waals surface area contributed by atoms with Gasteiger partial charge in [0.15, 0.2) is 15.0 Å². The highest BCUT2D eigenvalue weighted by Gasteiger charge is 2.05. The fourth-order valence-corrected chi connectivity index (χ4v) is 2.44. The molecule has 0 aliphatic carbocycles. The molecular weight excluding hydrogens is 272 g/mol. The number of hydrogen-bond donors (Lipinski definition) is 0. The van der Waals surface area contributed by atoms with Crippen LogP contribution in [0, 0.1) is 0 Å². The van der Waals surface area contributed by atoms with E-state index in [9.17, 15) is 8.42 Å². The van der Waals surface area contributed by atoms with Crippen LogP contribution in [0.15, 0.2) is 36.4 Å². The first-order valence-electron chi connectivity index (χ1n) is 5.20. The van der Waals surface area contributed by atoms with Crippen LogP contribution in [0.4, 0.5) is 0 Å². The lowest BCUT2D eigenvalue weighted by atomic mass is 10.1. The smallest absolute Gasteiger partial charge is 0.151 e. The third kappa shape index (κ3) is 3.51. The van der Waals surface area contributed by atoms with Crippen molar-refractivity contribution in [2.24, 2.45) is 0 Å². The molecule has 0 aliphatic heterocycles. The second-order valence-corrected chi connectivity index (χ2v) is 6.54. The molecule has 0 spiro atoms. The third-order valence-corrected chi connectivity index (χ3v) is 3.37.